The normalized spacial score (nSPS) is 10.5. The summed E-state index contributed by atoms with van der Waals surface area (Å²) in [6.07, 6.45) is 1.73. The summed E-state index contributed by atoms with van der Waals surface area (Å²) in [5.41, 5.74) is 9.10. The van der Waals surface area contributed by atoms with Crippen molar-refractivity contribution in [2.45, 2.75) is 40.5 Å². The molecule has 0 aliphatic heterocycles. The maximum atomic E-state index is 12.5. The molecule has 2 rings (SSSR count). The number of urea groups is 1. The molecule has 0 saturated carbocycles. The van der Waals surface area contributed by atoms with Crippen LogP contribution in [-0.2, 0) is 0 Å². The average Bonchev–Trinajstić information content (AvgIpc) is 2.74. The first-order chi connectivity index (χ1) is 15.2. The second-order valence-corrected chi connectivity index (χ2v) is 7.84. The van der Waals surface area contributed by atoms with E-state index in [1.807, 2.05) is 37.9 Å². The maximum absolute atomic E-state index is 12.5. The molecule has 0 bridgehead atoms. The third kappa shape index (κ3) is 6.44. The quantitative estimate of drug-likeness (QED) is 0.212. The highest BCUT2D eigenvalue weighted by molar-refractivity contribution is 6.02. The lowest BCUT2D eigenvalue weighted by molar-refractivity contribution is 0.254. The van der Waals surface area contributed by atoms with Crippen LogP contribution in [0.25, 0.3) is 0 Å². The number of aromatic nitrogens is 2. The minimum Gasteiger partial charge on any atom is -0.366 e. The van der Waals surface area contributed by atoms with Gasteiger partial charge in [0.2, 0.25) is 0 Å². The van der Waals surface area contributed by atoms with Crippen molar-refractivity contribution in [2.75, 3.05) is 41.1 Å². The molecule has 2 heterocycles. The maximum Gasteiger partial charge on any atom is 0.337 e. The first kappa shape index (κ1) is 24.6. The lowest BCUT2D eigenvalue weighted by Gasteiger charge is -2.19. The number of carbonyl (C=O) groups is 1. The van der Waals surface area contributed by atoms with Crippen molar-refractivity contribution < 1.29 is 4.79 Å². The first-order valence-corrected chi connectivity index (χ1v) is 10.6. The van der Waals surface area contributed by atoms with E-state index in [4.69, 9.17) is 5.41 Å². The summed E-state index contributed by atoms with van der Waals surface area (Å²) in [5, 5.41) is 14.2. The van der Waals surface area contributed by atoms with Crippen LogP contribution in [0.15, 0.2) is 30.9 Å². The van der Waals surface area contributed by atoms with Crippen molar-refractivity contribution in [3.05, 3.63) is 47.7 Å². The highest BCUT2D eigenvalue weighted by Crippen LogP contribution is 2.28. The Morgan fingerprint density at radius 2 is 2.00 bits per heavy atom. The zero-order valence-electron chi connectivity index (χ0n) is 19.8. The Balaban J connectivity index is 2.20. The number of amides is 2. The molecule has 9 nitrogen and oxygen atoms in total. The van der Waals surface area contributed by atoms with Gasteiger partial charge in [0.05, 0.1) is 0 Å². The predicted molar refractivity (Wildman–Crippen MR) is 133 cm³/mol. The van der Waals surface area contributed by atoms with Crippen LogP contribution in [-0.4, -0.2) is 41.8 Å². The van der Waals surface area contributed by atoms with Gasteiger partial charge in [-0.3, -0.25) is 10.9 Å². The number of carbonyl (C=O) groups excluding carboxylic acids is 1. The number of hydrogen-bond acceptors (Lipinski definition) is 7. The van der Waals surface area contributed by atoms with Gasteiger partial charge in [-0.2, -0.15) is 0 Å². The largest absolute Gasteiger partial charge is 0.366 e. The molecule has 0 atom stereocenters. The highest BCUT2D eigenvalue weighted by atomic mass is 16.2. The van der Waals surface area contributed by atoms with Crippen molar-refractivity contribution >= 4 is 34.9 Å². The molecule has 2 aromatic heterocycles. The van der Waals surface area contributed by atoms with E-state index in [1.165, 1.54) is 0 Å². The molecule has 0 aliphatic carbocycles. The molecule has 0 unspecified atom stereocenters. The van der Waals surface area contributed by atoms with Crippen molar-refractivity contribution in [3.8, 4) is 0 Å². The summed E-state index contributed by atoms with van der Waals surface area (Å²) >= 11 is 0. The predicted octanol–water partition coefficient (Wildman–Crippen LogP) is 4.50. The number of aryl methyl sites for hydroxylation is 1. The van der Waals surface area contributed by atoms with Crippen LogP contribution in [0.3, 0.4) is 0 Å². The summed E-state index contributed by atoms with van der Waals surface area (Å²) in [7, 11) is 1.95. The number of nitrogens with zero attached hydrogens (tertiary/aromatic N) is 3. The van der Waals surface area contributed by atoms with E-state index in [2.05, 4.69) is 51.9 Å². The molecule has 0 saturated heterocycles. The lowest BCUT2D eigenvalue weighted by Crippen LogP contribution is -2.34. The number of hydrogen-bond donors (Lipinski definition) is 5. The Labute approximate surface area is 190 Å². The molecule has 0 spiro atoms. The van der Waals surface area contributed by atoms with Gasteiger partial charge in [0.1, 0.15) is 17.5 Å². The molecule has 32 heavy (non-hydrogen) atoms. The average molecular weight is 439 g/mol. The molecular formula is C23H34N8O. The number of rotatable bonds is 10. The molecule has 2 amide bonds. The van der Waals surface area contributed by atoms with Gasteiger partial charge in [-0.25, -0.2) is 14.8 Å². The molecule has 5 N–H and O–H groups in total. The van der Waals surface area contributed by atoms with E-state index in [9.17, 15) is 4.79 Å². The molecule has 172 valence electrons. The van der Waals surface area contributed by atoms with Gasteiger partial charge < -0.3 is 20.9 Å². The van der Waals surface area contributed by atoms with Gasteiger partial charge >= 0.3 is 6.03 Å². The minimum absolute atomic E-state index is 0.167. The third-order valence-electron chi connectivity index (χ3n) is 4.83. The van der Waals surface area contributed by atoms with E-state index in [1.54, 1.807) is 19.1 Å². The Kier molecular flexibility index (Phi) is 8.57. The van der Waals surface area contributed by atoms with Crippen molar-refractivity contribution in [3.63, 3.8) is 0 Å². The summed E-state index contributed by atoms with van der Waals surface area (Å²) in [4.78, 5) is 23.5. The fourth-order valence-electron chi connectivity index (χ4n) is 3.14. The lowest BCUT2D eigenvalue weighted by atomic mass is 9.95. The third-order valence-corrected chi connectivity index (χ3v) is 4.83. The molecule has 0 fully saturated rings. The Morgan fingerprint density at radius 1 is 1.28 bits per heavy atom. The van der Waals surface area contributed by atoms with Gasteiger partial charge in [-0.15, -0.1) is 6.58 Å². The van der Waals surface area contributed by atoms with Gasteiger partial charge in [0.25, 0.3) is 0 Å². The van der Waals surface area contributed by atoms with Crippen molar-refractivity contribution in [1.29, 1.82) is 5.41 Å². The van der Waals surface area contributed by atoms with Crippen LogP contribution in [0, 0.1) is 12.3 Å². The van der Waals surface area contributed by atoms with Crippen LogP contribution in [0.1, 0.15) is 50.4 Å². The number of nitrogens with one attached hydrogen (secondary N) is 5. The van der Waals surface area contributed by atoms with E-state index in [0.29, 0.717) is 29.6 Å². The Hall–Kier alpha value is -3.62. The molecule has 9 heteroatoms. The summed E-state index contributed by atoms with van der Waals surface area (Å²) < 4.78 is 0. The fraction of sp³-hybridized carbons (Fsp3) is 0.391. The minimum atomic E-state index is -0.429. The van der Waals surface area contributed by atoms with E-state index in [-0.39, 0.29) is 5.92 Å². The van der Waals surface area contributed by atoms with Gasteiger partial charge in [0, 0.05) is 48.9 Å². The van der Waals surface area contributed by atoms with Gasteiger partial charge in [-0.05, 0) is 44.4 Å². The van der Waals surface area contributed by atoms with E-state index >= 15 is 0 Å². The summed E-state index contributed by atoms with van der Waals surface area (Å²) in [5.74, 6) is 2.00. The standard InChI is InChI=1S/C23H34N8O/c1-8-10-25-22-21(16(6)24)18(14(3)4)13-19(28-22)29-30-23(32)27-17-11-15(5)26-20(12-17)31(7)9-2/h8,11-14,24H,1,9-10H2,2-7H3,(H2,25,28,29)(H2,26,27,30,32). The van der Waals surface area contributed by atoms with E-state index < -0.39 is 6.03 Å². The van der Waals surface area contributed by atoms with Crippen LogP contribution < -0.4 is 26.4 Å². The van der Waals surface area contributed by atoms with Crippen LogP contribution in [0.5, 0.6) is 0 Å². The van der Waals surface area contributed by atoms with Crippen LogP contribution >= 0.6 is 0 Å². The zero-order chi connectivity index (χ0) is 23.8. The zero-order valence-corrected chi connectivity index (χ0v) is 19.8. The highest BCUT2D eigenvalue weighted by Gasteiger charge is 2.17. The molecule has 0 aromatic carbocycles. The summed E-state index contributed by atoms with van der Waals surface area (Å²) in [6.45, 7) is 14.8. The second kappa shape index (κ2) is 11.1. The van der Waals surface area contributed by atoms with Gasteiger partial charge in [-0.1, -0.05) is 19.9 Å². The molecule has 2 aromatic rings. The number of hydrazine groups is 1. The second-order valence-electron chi connectivity index (χ2n) is 7.84. The Morgan fingerprint density at radius 3 is 2.59 bits per heavy atom. The number of anilines is 4. The Bertz CT molecular complexity index is 986. The van der Waals surface area contributed by atoms with Crippen molar-refractivity contribution in [2.24, 2.45) is 0 Å². The fourth-order valence-corrected chi connectivity index (χ4v) is 3.14. The topological polar surface area (TPSA) is 118 Å². The van der Waals surface area contributed by atoms with Gasteiger partial charge in [0.15, 0.2) is 0 Å². The molecular weight excluding hydrogens is 404 g/mol. The van der Waals surface area contributed by atoms with E-state index in [0.717, 1.165) is 29.2 Å². The summed E-state index contributed by atoms with van der Waals surface area (Å²) in [6, 6.07) is 5.05. The SMILES string of the molecule is C=CCNc1nc(NNC(=O)Nc2cc(C)nc(N(C)CC)c2)cc(C(C)C)c1C(C)=N. The van der Waals surface area contributed by atoms with Crippen LogP contribution in [0.4, 0.5) is 27.9 Å². The first-order valence-electron chi connectivity index (χ1n) is 10.6. The monoisotopic (exact) mass is 438 g/mol. The smallest absolute Gasteiger partial charge is 0.337 e. The van der Waals surface area contributed by atoms with Crippen LogP contribution in [0.2, 0.25) is 0 Å². The van der Waals surface area contributed by atoms with Crippen molar-refractivity contribution in [1.82, 2.24) is 15.4 Å². The molecule has 0 aliphatic rings. The molecule has 0 radical (unpaired) electrons. The number of pyridine rings is 2.